The van der Waals surface area contributed by atoms with Crippen molar-refractivity contribution in [1.82, 2.24) is 10.2 Å². The van der Waals surface area contributed by atoms with Crippen LogP contribution in [-0.2, 0) is 4.79 Å². The zero-order valence-electron chi connectivity index (χ0n) is 12.8. The lowest BCUT2D eigenvalue weighted by Gasteiger charge is -2.28. The van der Waals surface area contributed by atoms with Crippen LogP contribution in [-0.4, -0.2) is 40.8 Å². The molecular formula is C16H19FN2O3S. The third-order valence-electron chi connectivity index (χ3n) is 4.59. The summed E-state index contributed by atoms with van der Waals surface area (Å²) < 4.78 is 13.5. The Morgan fingerprint density at radius 3 is 2.96 bits per heavy atom. The van der Waals surface area contributed by atoms with Gasteiger partial charge in [-0.2, -0.15) is 0 Å². The summed E-state index contributed by atoms with van der Waals surface area (Å²) in [5.41, 5.74) is -0.0844. The van der Waals surface area contributed by atoms with Gasteiger partial charge in [-0.3, -0.25) is 4.79 Å². The molecule has 2 heterocycles. The topological polar surface area (TPSA) is 69.6 Å². The normalized spacial score (nSPS) is 26.7. The van der Waals surface area contributed by atoms with Gasteiger partial charge in [-0.05, 0) is 43.5 Å². The van der Waals surface area contributed by atoms with Crippen molar-refractivity contribution in [3.05, 3.63) is 29.6 Å². The van der Waals surface area contributed by atoms with E-state index < -0.39 is 11.4 Å². The predicted octanol–water partition coefficient (Wildman–Crippen LogP) is 2.87. The molecular weight excluding hydrogens is 319 g/mol. The Bertz CT molecular complexity index is 654. The van der Waals surface area contributed by atoms with E-state index in [9.17, 15) is 19.1 Å². The van der Waals surface area contributed by atoms with Crippen LogP contribution >= 0.6 is 11.8 Å². The molecule has 5 nitrogen and oxygen atoms in total. The van der Waals surface area contributed by atoms with Gasteiger partial charge in [-0.25, -0.2) is 9.18 Å². The number of hydrogen-bond donors (Lipinski definition) is 2. The number of amides is 2. The minimum atomic E-state index is -0.885. The highest BCUT2D eigenvalue weighted by molar-refractivity contribution is 7.99. The zero-order valence-corrected chi connectivity index (χ0v) is 13.7. The smallest absolute Gasteiger partial charge is 0.317 e. The highest BCUT2D eigenvalue weighted by Crippen LogP contribution is 2.37. The van der Waals surface area contributed by atoms with E-state index in [-0.39, 0.29) is 24.4 Å². The molecule has 0 spiro atoms. The molecule has 2 aliphatic rings. The van der Waals surface area contributed by atoms with Crippen molar-refractivity contribution in [3.8, 4) is 0 Å². The minimum Gasteiger partial charge on any atom is -0.481 e. The lowest BCUT2D eigenvalue weighted by molar-refractivity contribution is -0.147. The fourth-order valence-corrected chi connectivity index (χ4v) is 4.17. The van der Waals surface area contributed by atoms with Crippen LogP contribution in [0.5, 0.6) is 0 Å². The number of benzene rings is 1. The van der Waals surface area contributed by atoms with Crippen LogP contribution in [0.25, 0.3) is 0 Å². The van der Waals surface area contributed by atoms with Gasteiger partial charge in [0, 0.05) is 23.7 Å². The maximum atomic E-state index is 13.5. The lowest BCUT2D eigenvalue weighted by Crippen LogP contribution is -2.43. The first-order valence-corrected chi connectivity index (χ1v) is 8.59. The first-order valence-electron chi connectivity index (χ1n) is 7.60. The first kappa shape index (κ1) is 16.1. The van der Waals surface area contributed by atoms with Gasteiger partial charge in [0.25, 0.3) is 0 Å². The molecule has 2 unspecified atom stereocenters. The molecule has 0 saturated carbocycles. The SMILES string of the molecule is CC1(C(=O)O)CCN(C(=O)NC2CCSc3ccc(F)cc32)C1. The number of nitrogens with one attached hydrogen (secondary N) is 1. The number of nitrogens with zero attached hydrogens (tertiary/aromatic N) is 1. The molecule has 1 aromatic rings. The standard InChI is InChI=1S/C16H19FN2O3S/c1-16(14(20)21)5-6-19(9-16)15(22)18-12-4-7-23-13-3-2-10(17)8-11(12)13/h2-3,8,12H,4-7,9H2,1H3,(H,18,22)(H,20,21). The maximum Gasteiger partial charge on any atom is 0.317 e. The van der Waals surface area contributed by atoms with E-state index in [1.165, 1.54) is 17.0 Å². The van der Waals surface area contributed by atoms with Crippen molar-refractivity contribution in [2.24, 2.45) is 5.41 Å². The summed E-state index contributed by atoms with van der Waals surface area (Å²) in [4.78, 5) is 26.2. The Kier molecular flexibility index (Phi) is 4.23. The van der Waals surface area contributed by atoms with Gasteiger partial charge in [-0.15, -0.1) is 11.8 Å². The van der Waals surface area contributed by atoms with Gasteiger partial charge in [-0.1, -0.05) is 0 Å². The minimum absolute atomic E-state index is 0.200. The molecule has 2 amide bonds. The van der Waals surface area contributed by atoms with Crippen molar-refractivity contribution >= 4 is 23.8 Å². The number of rotatable bonds is 2. The van der Waals surface area contributed by atoms with Gasteiger partial charge < -0.3 is 15.3 Å². The number of hydrogen-bond acceptors (Lipinski definition) is 3. The molecule has 0 radical (unpaired) electrons. The second-order valence-electron chi connectivity index (χ2n) is 6.36. The predicted molar refractivity (Wildman–Crippen MR) is 84.9 cm³/mol. The second kappa shape index (κ2) is 6.03. The Labute approximate surface area is 138 Å². The van der Waals surface area contributed by atoms with Gasteiger partial charge in [0.1, 0.15) is 5.82 Å². The van der Waals surface area contributed by atoms with Crippen LogP contribution in [0.2, 0.25) is 0 Å². The van der Waals surface area contributed by atoms with Gasteiger partial charge in [0.05, 0.1) is 11.5 Å². The summed E-state index contributed by atoms with van der Waals surface area (Å²) in [5, 5.41) is 12.2. The van der Waals surface area contributed by atoms with E-state index in [4.69, 9.17) is 0 Å². The Hall–Kier alpha value is -1.76. The Balaban J connectivity index is 1.71. The number of fused-ring (bicyclic) bond motifs is 1. The Morgan fingerprint density at radius 1 is 1.48 bits per heavy atom. The highest BCUT2D eigenvalue weighted by Gasteiger charge is 2.42. The molecule has 1 fully saturated rings. The fraction of sp³-hybridized carbons (Fsp3) is 0.500. The van der Waals surface area contributed by atoms with E-state index in [1.54, 1.807) is 24.8 Å². The third kappa shape index (κ3) is 3.15. The van der Waals surface area contributed by atoms with E-state index in [0.29, 0.717) is 13.0 Å². The zero-order chi connectivity index (χ0) is 16.6. The molecule has 3 rings (SSSR count). The molecule has 0 aromatic heterocycles. The number of thioether (sulfide) groups is 1. The van der Waals surface area contributed by atoms with Crippen molar-refractivity contribution in [3.63, 3.8) is 0 Å². The molecule has 1 saturated heterocycles. The van der Waals surface area contributed by atoms with E-state index in [0.717, 1.165) is 22.6 Å². The largest absolute Gasteiger partial charge is 0.481 e. The summed E-state index contributed by atoms with van der Waals surface area (Å²) in [6, 6.07) is 4.13. The number of likely N-dealkylation sites (tertiary alicyclic amines) is 1. The molecule has 23 heavy (non-hydrogen) atoms. The third-order valence-corrected chi connectivity index (χ3v) is 5.71. The summed E-state index contributed by atoms with van der Waals surface area (Å²) in [7, 11) is 0. The second-order valence-corrected chi connectivity index (χ2v) is 7.50. The lowest BCUT2D eigenvalue weighted by atomic mass is 9.90. The van der Waals surface area contributed by atoms with Crippen LogP contribution in [0.3, 0.4) is 0 Å². The number of carbonyl (C=O) groups excluding carboxylic acids is 1. The van der Waals surface area contributed by atoms with E-state index in [1.807, 2.05) is 0 Å². The van der Waals surface area contributed by atoms with Crippen LogP contribution in [0.1, 0.15) is 31.4 Å². The molecule has 0 aliphatic carbocycles. The summed E-state index contributed by atoms with van der Waals surface area (Å²) >= 11 is 1.65. The molecule has 2 aliphatic heterocycles. The number of halogens is 1. The summed E-state index contributed by atoms with van der Waals surface area (Å²) in [6.07, 6.45) is 1.18. The number of carboxylic acid groups (broad SMARTS) is 1. The van der Waals surface area contributed by atoms with Crippen LogP contribution in [0.15, 0.2) is 23.1 Å². The fourth-order valence-electron chi connectivity index (χ4n) is 3.06. The molecule has 2 atom stereocenters. The molecule has 0 bridgehead atoms. The van der Waals surface area contributed by atoms with Crippen LogP contribution < -0.4 is 5.32 Å². The van der Waals surface area contributed by atoms with E-state index in [2.05, 4.69) is 5.32 Å². The van der Waals surface area contributed by atoms with Crippen molar-refractivity contribution in [2.75, 3.05) is 18.8 Å². The Morgan fingerprint density at radius 2 is 2.26 bits per heavy atom. The van der Waals surface area contributed by atoms with Crippen molar-refractivity contribution in [2.45, 2.75) is 30.7 Å². The van der Waals surface area contributed by atoms with Crippen molar-refractivity contribution in [1.29, 1.82) is 0 Å². The van der Waals surface area contributed by atoms with E-state index >= 15 is 0 Å². The quantitative estimate of drug-likeness (QED) is 0.870. The number of carbonyl (C=O) groups is 2. The number of carboxylic acids is 1. The van der Waals surface area contributed by atoms with Gasteiger partial charge >= 0.3 is 12.0 Å². The summed E-state index contributed by atoms with van der Waals surface area (Å²) in [5.74, 6) is -0.337. The van der Waals surface area contributed by atoms with Crippen LogP contribution in [0, 0.1) is 11.2 Å². The van der Waals surface area contributed by atoms with Gasteiger partial charge in [0.2, 0.25) is 0 Å². The molecule has 7 heteroatoms. The monoisotopic (exact) mass is 338 g/mol. The molecule has 124 valence electrons. The van der Waals surface area contributed by atoms with Crippen LogP contribution in [0.4, 0.5) is 9.18 Å². The van der Waals surface area contributed by atoms with Crippen molar-refractivity contribution < 1.29 is 19.1 Å². The maximum absolute atomic E-state index is 13.5. The van der Waals surface area contributed by atoms with Gasteiger partial charge in [0.15, 0.2) is 0 Å². The molecule has 1 aromatic carbocycles. The average Bonchev–Trinajstić information content (AvgIpc) is 2.92. The highest BCUT2D eigenvalue weighted by atomic mass is 32.2. The average molecular weight is 338 g/mol. The number of urea groups is 1. The summed E-state index contributed by atoms with van der Waals surface area (Å²) in [6.45, 7) is 2.28. The number of aliphatic carboxylic acids is 1. The first-order chi connectivity index (χ1) is 10.9. The molecule has 2 N–H and O–H groups in total.